The Morgan fingerprint density at radius 3 is 2.72 bits per heavy atom. The zero-order valence-electron chi connectivity index (χ0n) is 9.74. The molecule has 0 fully saturated rings. The summed E-state index contributed by atoms with van der Waals surface area (Å²) in [6.45, 7) is 0.325. The molecule has 18 heavy (non-hydrogen) atoms. The summed E-state index contributed by atoms with van der Waals surface area (Å²) in [5.41, 5.74) is 0.596. The Balaban J connectivity index is 1.90. The normalized spacial score (nSPS) is 10.0. The van der Waals surface area contributed by atoms with Gasteiger partial charge in [0, 0.05) is 30.9 Å². The molecule has 0 spiro atoms. The molecule has 0 aliphatic rings. The molecule has 0 atom stereocenters. The molecule has 92 valence electrons. The predicted octanol–water partition coefficient (Wildman–Crippen LogP) is 1.27. The van der Waals surface area contributed by atoms with Crippen LogP contribution < -0.4 is 10.9 Å². The van der Waals surface area contributed by atoms with Gasteiger partial charge in [-0.2, -0.15) is 0 Å². The van der Waals surface area contributed by atoms with Gasteiger partial charge in [0.25, 0.3) is 5.56 Å². The van der Waals surface area contributed by atoms with E-state index in [0.717, 1.165) is 5.69 Å². The van der Waals surface area contributed by atoms with Crippen molar-refractivity contribution in [2.24, 2.45) is 0 Å². The highest BCUT2D eigenvalue weighted by atomic mass is 16.1. The van der Waals surface area contributed by atoms with Gasteiger partial charge >= 0.3 is 0 Å². The number of hydrogen-bond donors (Lipinski definition) is 1. The molecule has 0 saturated carbocycles. The van der Waals surface area contributed by atoms with E-state index in [1.165, 1.54) is 23.2 Å². The van der Waals surface area contributed by atoms with Gasteiger partial charge < -0.3 is 5.32 Å². The molecular weight excluding hydrogens is 230 g/mol. The van der Waals surface area contributed by atoms with Crippen molar-refractivity contribution in [1.82, 2.24) is 9.55 Å². The van der Waals surface area contributed by atoms with Crippen molar-refractivity contribution in [3.63, 3.8) is 0 Å². The molecule has 0 bridgehead atoms. The molecule has 2 aromatic rings. The van der Waals surface area contributed by atoms with Crippen molar-refractivity contribution >= 4 is 11.6 Å². The Labute approximate surface area is 104 Å². The first-order valence-corrected chi connectivity index (χ1v) is 5.61. The van der Waals surface area contributed by atoms with E-state index in [4.69, 9.17) is 0 Å². The van der Waals surface area contributed by atoms with Crippen LogP contribution in [-0.4, -0.2) is 15.5 Å². The van der Waals surface area contributed by atoms with Gasteiger partial charge in [-0.1, -0.05) is 18.2 Å². The first-order chi connectivity index (χ1) is 8.75. The molecule has 5 heteroatoms. The summed E-state index contributed by atoms with van der Waals surface area (Å²) in [4.78, 5) is 26.9. The number of carbonyl (C=O) groups is 1. The van der Waals surface area contributed by atoms with Crippen molar-refractivity contribution in [3.05, 3.63) is 59.3 Å². The van der Waals surface area contributed by atoms with Crippen LogP contribution in [0.1, 0.15) is 6.42 Å². The number of para-hydroxylation sites is 1. The summed E-state index contributed by atoms with van der Waals surface area (Å²) in [5.74, 6) is -0.128. The van der Waals surface area contributed by atoms with Crippen LogP contribution in [0.4, 0.5) is 5.69 Å². The minimum Gasteiger partial charge on any atom is -0.326 e. The van der Waals surface area contributed by atoms with Crippen molar-refractivity contribution in [2.75, 3.05) is 5.32 Å². The van der Waals surface area contributed by atoms with Crippen LogP contribution in [0.2, 0.25) is 0 Å². The molecule has 1 N–H and O–H groups in total. The molecule has 0 aliphatic heterocycles. The van der Waals surface area contributed by atoms with E-state index in [0.29, 0.717) is 6.54 Å². The van der Waals surface area contributed by atoms with Crippen LogP contribution >= 0.6 is 0 Å². The average Bonchev–Trinajstić information content (AvgIpc) is 2.39. The molecule has 1 amide bonds. The summed E-state index contributed by atoms with van der Waals surface area (Å²) < 4.78 is 1.41. The number of aromatic nitrogens is 2. The smallest absolute Gasteiger partial charge is 0.253 e. The van der Waals surface area contributed by atoms with Gasteiger partial charge in [0.2, 0.25) is 5.91 Å². The number of nitrogens with zero attached hydrogens (tertiary/aromatic N) is 2. The summed E-state index contributed by atoms with van der Waals surface area (Å²) >= 11 is 0. The van der Waals surface area contributed by atoms with Crippen molar-refractivity contribution in [1.29, 1.82) is 0 Å². The van der Waals surface area contributed by atoms with E-state index >= 15 is 0 Å². The standard InChI is InChI=1S/C13H13N3O2/c17-12(15-11-4-2-1-3-5-11)7-9-16-10-14-8-6-13(16)18/h1-6,8,10H,7,9H2,(H,15,17). The molecule has 0 aliphatic carbocycles. The third-order valence-corrected chi connectivity index (χ3v) is 2.43. The third-order valence-electron chi connectivity index (χ3n) is 2.43. The Hall–Kier alpha value is -2.43. The van der Waals surface area contributed by atoms with E-state index in [2.05, 4.69) is 10.3 Å². The second-order valence-corrected chi connectivity index (χ2v) is 3.78. The van der Waals surface area contributed by atoms with Crippen LogP contribution in [0, 0.1) is 0 Å². The number of rotatable bonds is 4. The average molecular weight is 243 g/mol. The van der Waals surface area contributed by atoms with Crippen molar-refractivity contribution in [2.45, 2.75) is 13.0 Å². The summed E-state index contributed by atoms with van der Waals surface area (Å²) in [6, 6.07) is 10.6. The van der Waals surface area contributed by atoms with Gasteiger partial charge in [0.05, 0.1) is 6.33 Å². The fourth-order valence-corrected chi connectivity index (χ4v) is 1.51. The molecule has 1 heterocycles. The zero-order valence-corrected chi connectivity index (χ0v) is 9.74. The molecule has 0 radical (unpaired) electrons. The lowest BCUT2D eigenvalue weighted by Gasteiger charge is -2.06. The van der Waals surface area contributed by atoms with E-state index in [1.54, 1.807) is 0 Å². The predicted molar refractivity (Wildman–Crippen MR) is 68.2 cm³/mol. The minimum atomic E-state index is -0.155. The van der Waals surface area contributed by atoms with Gasteiger partial charge in [-0.15, -0.1) is 0 Å². The second kappa shape index (κ2) is 5.77. The van der Waals surface area contributed by atoms with Crippen LogP contribution in [-0.2, 0) is 11.3 Å². The number of anilines is 1. The van der Waals surface area contributed by atoms with Crippen molar-refractivity contribution in [3.8, 4) is 0 Å². The number of hydrogen-bond acceptors (Lipinski definition) is 3. The Bertz CT molecular complexity index is 578. The van der Waals surface area contributed by atoms with Crippen LogP contribution in [0.3, 0.4) is 0 Å². The van der Waals surface area contributed by atoms with E-state index < -0.39 is 0 Å². The largest absolute Gasteiger partial charge is 0.326 e. The summed E-state index contributed by atoms with van der Waals surface area (Å²) in [7, 11) is 0. The maximum atomic E-state index is 11.7. The molecule has 0 saturated heterocycles. The number of amides is 1. The Kier molecular flexibility index (Phi) is 3.86. The van der Waals surface area contributed by atoms with Gasteiger partial charge in [0.1, 0.15) is 0 Å². The SMILES string of the molecule is O=C(CCn1cnccc1=O)Nc1ccccc1. The van der Waals surface area contributed by atoms with E-state index in [1.807, 2.05) is 30.3 Å². The number of aryl methyl sites for hydroxylation is 1. The summed E-state index contributed by atoms with van der Waals surface area (Å²) in [6.07, 6.45) is 3.10. The molecular formula is C13H13N3O2. The molecule has 1 aromatic heterocycles. The Morgan fingerprint density at radius 2 is 2.00 bits per heavy atom. The quantitative estimate of drug-likeness (QED) is 0.879. The highest BCUT2D eigenvalue weighted by molar-refractivity contribution is 5.90. The minimum absolute atomic E-state index is 0.128. The fraction of sp³-hybridized carbons (Fsp3) is 0.154. The summed E-state index contributed by atoms with van der Waals surface area (Å²) in [5, 5.41) is 2.76. The fourth-order valence-electron chi connectivity index (χ4n) is 1.51. The lowest BCUT2D eigenvalue weighted by Crippen LogP contribution is -2.22. The molecule has 1 aromatic carbocycles. The first kappa shape index (κ1) is 12.0. The second-order valence-electron chi connectivity index (χ2n) is 3.78. The number of nitrogens with one attached hydrogen (secondary N) is 1. The highest BCUT2D eigenvalue weighted by Gasteiger charge is 2.03. The lowest BCUT2D eigenvalue weighted by atomic mass is 10.3. The Morgan fingerprint density at radius 1 is 1.22 bits per heavy atom. The maximum absolute atomic E-state index is 11.7. The topological polar surface area (TPSA) is 64.0 Å². The van der Waals surface area contributed by atoms with Gasteiger partial charge in [-0.25, -0.2) is 4.98 Å². The van der Waals surface area contributed by atoms with Crippen molar-refractivity contribution < 1.29 is 4.79 Å². The maximum Gasteiger partial charge on any atom is 0.253 e. The highest BCUT2D eigenvalue weighted by Crippen LogP contribution is 2.05. The van der Waals surface area contributed by atoms with Crippen LogP contribution in [0.15, 0.2) is 53.7 Å². The van der Waals surface area contributed by atoms with Gasteiger partial charge in [-0.05, 0) is 12.1 Å². The van der Waals surface area contributed by atoms with Crippen LogP contribution in [0.5, 0.6) is 0 Å². The monoisotopic (exact) mass is 243 g/mol. The molecule has 0 unspecified atom stereocenters. The number of carbonyl (C=O) groups excluding carboxylic acids is 1. The molecule has 5 nitrogen and oxygen atoms in total. The van der Waals surface area contributed by atoms with E-state index in [-0.39, 0.29) is 17.9 Å². The third kappa shape index (κ3) is 3.28. The number of benzene rings is 1. The first-order valence-electron chi connectivity index (χ1n) is 5.61. The molecule has 2 rings (SSSR count). The van der Waals surface area contributed by atoms with E-state index in [9.17, 15) is 9.59 Å². The lowest BCUT2D eigenvalue weighted by molar-refractivity contribution is -0.116. The van der Waals surface area contributed by atoms with Crippen LogP contribution in [0.25, 0.3) is 0 Å². The zero-order chi connectivity index (χ0) is 12.8. The van der Waals surface area contributed by atoms with Gasteiger partial charge in [-0.3, -0.25) is 14.2 Å². The van der Waals surface area contributed by atoms with Gasteiger partial charge in [0.15, 0.2) is 0 Å².